The summed E-state index contributed by atoms with van der Waals surface area (Å²) >= 11 is 0. The minimum atomic E-state index is -5.34. The number of hydrogen-bond donors (Lipinski definition) is 0. The Kier molecular flexibility index (Phi) is 10.4. The maximum Gasteiger partial charge on any atom is 0.429 e. The van der Waals surface area contributed by atoms with Gasteiger partial charge in [0, 0.05) is 28.8 Å². The van der Waals surface area contributed by atoms with Crippen LogP contribution < -0.4 is 4.74 Å². The van der Waals surface area contributed by atoms with Crippen molar-refractivity contribution in [3.8, 4) is 29.4 Å². The van der Waals surface area contributed by atoms with Gasteiger partial charge in [0.1, 0.15) is 46.0 Å². The highest BCUT2D eigenvalue weighted by atomic mass is 19.4. The van der Waals surface area contributed by atoms with E-state index in [-0.39, 0.29) is 17.7 Å². The fourth-order valence-electron chi connectivity index (χ4n) is 4.29. The lowest BCUT2D eigenvalue weighted by atomic mass is 10.1. The molecule has 4 aromatic rings. The molecular formula is C35H22F10O. The summed E-state index contributed by atoms with van der Waals surface area (Å²) in [5.41, 5.74) is -3.30. The maximum atomic E-state index is 14.8. The highest BCUT2D eigenvalue weighted by Gasteiger charge is 2.39. The largest absolute Gasteiger partial charge is 0.429 e. The molecule has 0 aliphatic carbocycles. The first-order chi connectivity index (χ1) is 21.7. The summed E-state index contributed by atoms with van der Waals surface area (Å²) in [6.07, 6.45) is -5.52. The summed E-state index contributed by atoms with van der Waals surface area (Å²) in [4.78, 5) is 0. The van der Waals surface area contributed by atoms with Crippen LogP contribution in [0.15, 0.2) is 66.7 Å². The highest BCUT2D eigenvalue weighted by molar-refractivity contribution is 5.48. The van der Waals surface area contributed by atoms with Gasteiger partial charge in [-0.05, 0) is 60.9 Å². The molecule has 0 spiro atoms. The molecular weight excluding hydrogens is 626 g/mol. The van der Waals surface area contributed by atoms with E-state index in [1.807, 2.05) is 24.0 Å². The molecule has 0 atom stereocenters. The molecule has 0 bridgehead atoms. The molecule has 0 unspecified atom stereocenters. The summed E-state index contributed by atoms with van der Waals surface area (Å²) in [6, 6.07) is 11.1. The van der Waals surface area contributed by atoms with E-state index in [1.165, 1.54) is 0 Å². The average Bonchev–Trinajstić information content (AvgIpc) is 2.95. The lowest BCUT2D eigenvalue weighted by molar-refractivity contribution is -0.187. The number of halogens is 10. The van der Waals surface area contributed by atoms with Gasteiger partial charge in [-0.2, -0.15) is 22.0 Å². The van der Waals surface area contributed by atoms with Crippen molar-refractivity contribution in [3.63, 3.8) is 0 Å². The van der Waals surface area contributed by atoms with Crippen LogP contribution in [-0.4, -0.2) is 0 Å². The number of aryl methyl sites for hydroxylation is 1. The van der Waals surface area contributed by atoms with Gasteiger partial charge >= 0.3 is 12.3 Å². The first-order valence-electron chi connectivity index (χ1n) is 13.7. The quantitative estimate of drug-likeness (QED) is 0.110. The van der Waals surface area contributed by atoms with Crippen molar-refractivity contribution in [2.75, 3.05) is 0 Å². The monoisotopic (exact) mass is 648 g/mol. The van der Waals surface area contributed by atoms with Crippen LogP contribution in [0.5, 0.6) is 5.75 Å². The molecule has 0 radical (unpaired) electrons. The van der Waals surface area contributed by atoms with Crippen molar-refractivity contribution in [1.82, 2.24) is 0 Å². The second-order valence-electron chi connectivity index (χ2n) is 10.0. The molecule has 46 heavy (non-hydrogen) atoms. The van der Waals surface area contributed by atoms with Gasteiger partial charge in [0.05, 0.1) is 5.56 Å². The second-order valence-corrected chi connectivity index (χ2v) is 10.0. The number of alkyl halides is 5. The Morgan fingerprint density at radius 1 is 0.587 bits per heavy atom. The first-order valence-corrected chi connectivity index (χ1v) is 13.7. The van der Waals surface area contributed by atoms with E-state index in [0.717, 1.165) is 43.4 Å². The van der Waals surface area contributed by atoms with E-state index in [0.29, 0.717) is 23.8 Å². The van der Waals surface area contributed by atoms with E-state index in [9.17, 15) is 43.9 Å². The average molecular weight is 649 g/mol. The summed E-state index contributed by atoms with van der Waals surface area (Å²) in [7, 11) is 0. The number of rotatable bonds is 7. The predicted molar refractivity (Wildman–Crippen MR) is 150 cm³/mol. The summed E-state index contributed by atoms with van der Waals surface area (Å²) in [6.45, 7) is 2.11. The van der Waals surface area contributed by atoms with Gasteiger partial charge in [-0.15, -0.1) is 0 Å². The number of unbranched alkanes of at least 4 members (excludes halogenated alkanes) is 2. The molecule has 0 N–H and O–H groups in total. The second kappa shape index (κ2) is 14.0. The first kappa shape index (κ1) is 34.0. The summed E-state index contributed by atoms with van der Waals surface area (Å²) in [5.74, 6) is -0.287. The lowest BCUT2D eigenvalue weighted by Crippen LogP contribution is -2.23. The van der Waals surface area contributed by atoms with Gasteiger partial charge in [-0.3, -0.25) is 0 Å². The lowest BCUT2D eigenvalue weighted by Gasteiger charge is -2.19. The van der Waals surface area contributed by atoms with Gasteiger partial charge < -0.3 is 4.74 Å². The van der Waals surface area contributed by atoms with Crippen molar-refractivity contribution in [3.05, 3.63) is 135 Å². The Morgan fingerprint density at radius 2 is 1.13 bits per heavy atom. The number of ether oxygens (including phenoxy) is 1. The van der Waals surface area contributed by atoms with E-state index >= 15 is 0 Å². The zero-order valence-corrected chi connectivity index (χ0v) is 23.9. The fraction of sp³-hybridized carbons (Fsp3) is 0.200. The van der Waals surface area contributed by atoms with E-state index in [4.69, 9.17) is 0 Å². The zero-order chi connectivity index (χ0) is 33.6. The molecule has 0 saturated heterocycles. The molecule has 0 heterocycles. The third-order valence-corrected chi connectivity index (χ3v) is 6.58. The van der Waals surface area contributed by atoms with Crippen LogP contribution in [0.25, 0.3) is 0 Å². The predicted octanol–water partition coefficient (Wildman–Crippen LogP) is 10.1. The minimum absolute atomic E-state index is 0.0805. The number of hydrogen-bond acceptors (Lipinski definition) is 1. The topological polar surface area (TPSA) is 9.23 Å². The molecule has 0 fully saturated rings. The Hall–Kier alpha value is -4.90. The summed E-state index contributed by atoms with van der Waals surface area (Å²) in [5, 5.41) is 0. The van der Waals surface area contributed by atoms with E-state index in [1.54, 1.807) is 12.1 Å². The maximum absolute atomic E-state index is 14.8. The Morgan fingerprint density at radius 3 is 1.70 bits per heavy atom. The van der Waals surface area contributed by atoms with Crippen LogP contribution >= 0.6 is 0 Å². The standard InChI is InChI=1S/C35H22F10O/c1-2-3-4-5-21-6-8-22(9-7-21)10-11-23-13-15-27(30(38)16-23)35(44,45)46-25-19-28(36)26(29(37)20-25)14-12-24-17-31(39)33(32(40)18-24)34(41,42)43/h6-9,13,15-20H,2-5H2,1H3. The van der Waals surface area contributed by atoms with E-state index < -0.39 is 69.4 Å². The Labute approximate surface area is 257 Å². The molecule has 4 aromatic carbocycles. The molecule has 238 valence electrons. The third-order valence-electron chi connectivity index (χ3n) is 6.58. The SMILES string of the molecule is CCCCCc1ccc(C#Cc2ccc(C(F)(F)Oc3cc(F)c(C#Cc4cc(F)c(C(F)(F)F)c(F)c4)c(F)c3)c(F)c2)cc1. The summed E-state index contributed by atoms with van der Waals surface area (Å²) < 4.78 is 144. The van der Waals surface area contributed by atoms with Crippen LogP contribution in [0.4, 0.5) is 43.9 Å². The molecule has 0 aliphatic heterocycles. The van der Waals surface area contributed by atoms with Crippen molar-refractivity contribution >= 4 is 0 Å². The van der Waals surface area contributed by atoms with Gasteiger partial charge in [0.15, 0.2) is 0 Å². The van der Waals surface area contributed by atoms with Gasteiger partial charge in [0.25, 0.3) is 0 Å². The van der Waals surface area contributed by atoms with Crippen molar-refractivity contribution in [2.45, 2.75) is 44.9 Å². The van der Waals surface area contributed by atoms with Crippen molar-refractivity contribution < 1.29 is 48.6 Å². The van der Waals surface area contributed by atoms with Crippen LogP contribution in [0.2, 0.25) is 0 Å². The molecule has 0 amide bonds. The molecule has 1 nitrogen and oxygen atoms in total. The fourth-order valence-corrected chi connectivity index (χ4v) is 4.29. The molecule has 11 heteroatoms. The third kappa shape index (κ3) is 8.42. The molecule has 0 aromatic heterocycles. The molecule has 0 saturated carbocycles. The number of benzene rings is 4. The molecule has 4 rings (SSSR count). The smallest absolute Gasteiger partial charge is 0.429 e. The van der Waals surface area contributed by atoms with E-state index in [2.05, 4.69) is 23.5 Å². The van der Waals surface area contributed by atoms with Crippen molar-refractivity contribution in [2.24, 2.45) is 0 Å². The van der Waals surface area contributed by atoms with Gasteiger partial charge in [0.2, 0.25) is 0 Å². The Balaban J connectivity index is 1.49. The van der Waals surface area contributed by atoms with Crippen LogP contribution in [0, 0.1) is 52.8 Å². The van der Waals surface area contributed by atoms with Crippen LogP contribution in [-0.2, 0) is 18.7 Å². The zero-order valence-electron chi connectivity index (χ0n) is 23.9. The van der Waals surface area contributed by atoms with Gasteiger partial charge in [-0.1, -0.05) is 55.6 Å². The molecule has 0 aliphatic rings. The van der Waals surface area contributed by atoms with Crippen LogP contribution in [0.3, 0.4) is 0 Å². The normalized spacial score (nSPS) is 11.4. The van der Waals surface area contributed by atoms with Crippen molar-refractivity contribution in [1.29, 1.82) is 0 Å². The Bertz CT molecular complexity index is 1810. The van der Waals surface area contributed by atoms with Gasteiger partial charge in [-0.25, -0.2) is 22.0 Å². The highest BCUT2D eigenvalue weighted by Crippen LogP contribution is 2.35. The minimum Gasteiger partial charge on any atom is -0.429 e. The van der Waals surface area contributed by atoms with Crippen LogP contribution in [0.1, 0.15) is 65.1 Å².